The number of halogens is 1. The summed E-state index contributed by atoms with van der Waals surface area (Å²) in [6.45, 7) is 5.81. The van der Waals surface area contributed by atoms with Crippen LogP contribution in [0.2, 0.25) is 0 Å². The van der Waals surface area contributed by atoms with Crippen molar-refractivity contribution in [1.29, 1.82) is 0 Å². The summed E-state index contributed by atoms with van der Waals surface area (Å²) in [5.41, 5.74) is 2.08. The highest BCUT2D eigenvalue weighted by molar-refractivity contribution is 7.91. The van der Waals surface area contributed by atoms with Crippen LogP contribution in [-0.4, -0.2) is 20.5 Å². The highest BCUT2D eigenvalue weighted by atomic mass is 32.2. The van der Waals surface area contributed by atoms with E-state index in [9.17, 15) is 8.94 Å². The second kappa shape index (κ2) is 8.05. The monoisotopic (exact) mass is 374 g/mol. The van der Waals surface area contributed by atoms with Gasteiger partial charge in [0, 0.05) is 11.6 Å². The van der Waals surface area contributed by atoms with Crippen LogP contribution in [0.5, 0.6) is 0 Å². The van der Waals surface area contributed by atoms with E-state index in [-0.39, 0.29) is 10.6 Å². The van der Waals surface area contributed by atoms with Crippen LogP contribution >= 0.6 is 0 Å². The number of benzene rings is 1. The molecule has 1 saturated carbocycles. The van der Waals surface area contributed by atoms with E-state index in [0.717, 1.165) is 43.0 Å². The van der Waals surface area contributed by atoms with Crippen molar-refractivity contribution >= 4 is 28.5 Å². The molecule has 0 saturated heterocycles. The third-order valence-electron chi connectivity index (χ3n) is 5.16. The zero-order valence-electron chi connectivity index (χ0n) is 15.7. The zero-order chi connectivity index (χ0) is 18.7. The van der Waals surface area contributed by atoms with Crippen molar-refractivity contribution in [2.75, 3.05) is 0 Å². The molecule has 1 atom stereocenters. The van der Waals surface area contributed by atoms with Gasteiger partial charge in [0.15, 0.2) is 0 Å². The number of pyridine rings is 1. The molecule has 1 aliphatic carbocycles. The molecule has 5 heteroatoms. The maximum absolute atomic E-state index is 13.7. The predicted octanol–water partition coefficient (Wildman–Crippen LogP) is 5.57. The van der Waals surface area contributed by atoms with Crippen LogP contribution in [0.4, 0.5) is 4.39 Å². The van der Waals surface area contributed by atoms with Gasteiger partial charge in [0.05, 0.1) is 11.7 Å². The summed E-state index contributed by atoms with van der Waals surface area (Å²) in [7, 11) is 0. The van der Waals surface area contributed by atoms with Crippen LogP contribution in [0.15, 0.2) is 34.9 Å². The molecule has 26 heavy (non-hydrogen) atoms. The Morgan fingerprint density at radius 1 is 1.23 bits per heavy atom. The molecule has 0 N–H and O–H groups in total. The summed E-state index contributed by atoms with van der Waals surface area (Å²) in [5, 5.41) is 0.943. The van der Waals surface area contributed by atoms with Gasteiger partial charge in [-0.1, -0.05) is 4.40 Å². The van der Waals surface area contributed by atoms with E-state index in [2.05, 4.69) is 9.38 Å². The van der Waals surface area contributed by atoms with Gasteiger partial charge in [0.2, 0.25) is 0 Å². The van der Waals surface area contributed by atoms with Crippen LogP contribution in [0.25, 0.3) is 10.9 Å². The molecule has 2 aromatic rings. The number of fused-ring (bicyclic) bond motifs is 1. The molecule has 0 aliphatic heterocycles. The lowest BCUT2D eigenvalue weighted by atomic mass is 9.77. The molecule has 1 heterocycles. The van der Waals surface area contributed by atoms with Gasteiger partial charge in [-0.25, -0.2) is 4.39 Å². The van der Waals surface area contributed by atoms with Gasteiger partial charge in [-0.2, -0.15) is 0 Å². The van der Waals surface area contributed by atoms with Gasteiger partial charge in [0.25, 0.3) is 0 Å². The van der Waals surface area contributed by atoms with Gasteiger partial charge in [-0.15, -0.1) is 0 Å². The fourth-order valence-electron chi connectivity index (χ4n) is 3.62. The lowest BCUT2D eigenvalue weighted by Crippen LogP contribution is -2.26. The SMILES string of the molecule is CC(C)(C)[S@+]([O-])N=CC[C@H]1CC[C@H](c2ccnc3ccc(F)cc32)CC1. The minimum Gasteiger partial charge on any atom is -0.591 e. The van der Waals surface area contributed by atoms with E-state index in [1.807, 2.05) is 39.2 Å². The smallest absolute Gasteiger partial charge is 0.144 e. The highest BCUT2D eigenvalue weighted by Gasteiger charge is 2.27. The minimum absolute atomic E-state index is 0.205. The molecular weight excluding hydrogens is 347 g/mol. The van der Waals surface area contributed by atoms with Gasteiger partial charge in [-0.05, 0) is 94.5 Å². The van der Waals surface area contributed by atoms with E-state index < -0.39 is 11.4 Å². The summed E-state index contributed by atoms with van der Waals surface area (Å²) in [5.74, 6) is 0.847. The number of nitrogens with zero attached hydrogens (tertiary/aromatic N) is 2. The topological polar surface area (TPSA) is 48.3 Å². The molecule has 0 unspecified atom stereocenters. The Morgan fingerprint density at radius 3 is 2.65 bits per heavy atom. The Kier molecular flexibility index (Phi) is 5.98. The number of rotatable bonds is 4. The summed E-state index contributed by atoms with van der Waals surface area (Å²) >= 11 is -1.17. The standard InChI is InChI=1S/C21H27FN2OS/c1-21(2,3)26(25)24-13-10-15-4-6-16(7-5-15)18-11-12-23-20-9-8-17(22)14-19(18)20/h8-9,11-16H,4-7,10H2,1-3H3/t15-,16-,26-/m0/s1. The Bertz CT molecular complexity index is 779. The summed E-state index contributed by atoms with van der Waals surface area (Å²) < 4.78 is 29.6. The predicted molar refractivity (Wildman–Crippen MR) is 107 cm³/mol. The molecular formula is C21H27FN2OS. The quantitative estimate of drug-likeness (QED) is 0.519. The van der Waals surface area contributed by atoms with Crippen LogP contribution in [0, 0.1) is 11.7 Å². The van der Waals surface area contributed by atoms with Crippen LogP contribution in [0.3, 0.4) is 0 Å². The summed E-state index contributed by atoms with van der Waals surface area (Å²) in [6.07, 6.45) is 9.00. The summed E-state index contributed by atoms with van der Waals surface area (Å²) in [4.78, 5) is 4.36. The molecule has 0 spiro atoms. The number of aromatic nitrogens is 1. The third-order valence-corrected chi connectivity index (χ3v) is 6.55. The van der Waals surface area contributed by atoms with E-state index in [4.69, 9.17) is 0 Å². The molecule has 1 aromatic heterocycles. The number of hydrogen-bond acceptors (Lipinski definition) is 3. The molecule has 0 bridgehead atoms. The third kappa shape index (κ3) is 4.63. The molecule has 140 valence electrons. The maximum atomic E-state index is 13.7. The number of hydrogen-bond donors (Lipinski definition) is 0. The largest absolute Gasteiger partial charge is 0.591 e. The van der Waals surface area contributed by atoms with Crippen molar-refractivity contribution in [3.63, 3.8) is 0 Å². The minimum atomic E-state index is -1.17. The van der Waals surface area contributed by atoms with Crippen LogP contribution in [-0.2, 0) is 11.4 Å². The Balaban J connectivity index is 1.61. The normalized spacial score (nSPS) is 22.8. The van der Waals surface area contributed by atoms with E-state index in [1.165, 1.54) is 11.6 Å². The van der Waals surface area contributed by atoms with Crippen LogP contribution in [0.1, 0.15) is 64.4 Å². The van der Waals surface area contributed by atoms with Gasteiger partial charge in [-0.3, -0.25) is 4.98 Å². The first-order valence-corrected chi connectivity index (χ1v) is 10.4. The van der Waals surface area contributed by atoms with E-state index in [0.29, 0.717) is 11.8 Å². The molecule has 1 aromatic carbocycles. The fraction of sp³-hybridized carbons (Fsp3) is 0.524. The highest BCUT2D eigenvalue weighted by Crippen LogP contribution is 2.39. The average Bonchev–Trinajstić information content (AvgIpc) is 2.61. The Morgan fingerprint density at radius 2 is 1.96 bits per heavy atom. The second-order valence-electron chi connectivity index (χ2n) is 8.16. The van der Waals surface area contributed by atoms with Crippen molar-refractivity contribution in [1.82, 2.24) is 4.98 Å². The van der Waals surface area contributed by atoms with Gasteiger partial charge >= 0.3 is 0 Å². The zero-order valence-corrected chi connectivity index (χ0v) is 16.6. The summed E-state index contributed by atoms with van der Waals surface area (Å²) in [6, 6.07) is 6.88. The lowest BCUT2D eigenvalue weighted by Gasteiger charge is -2.28. The average molecular weight is 375 g/mol. The van der Waals surface area contributed by atoms with Crippen LogP contribution < -0.4 is 0 Å². The molecule has 1 aliphatic rings. The van der Waals surface area contributed by atoms with Crippen molar-refractivity contribution in [3.8, 4) is 0 Å². The first kappa shape index (κ1) is 19.3. The van der Waals surface area contributed by atoms with E-state index in [1.54, 1.807) is 12.1 Å². The molecule has 0 amide bonds. The second-order valence-corrected chi connectivity index (χ2v) is 10.1. The van der Waals surface area contributed by atoms with E-state index >= 15 is 0 Å². The molecule has 0 radical (unpaired) electrons. The molecule has 3 rings (SSSR count). The first-order valence-electron chi connectivity index (χ1n) is 9.33. The van der Waals surface area contributed by atoms with Crippen molar-refractivity contribution in [2.24, 2.45) is 10.3 Å². The molecule has 3 nitrogen and oxygen atoms in total. The first-order chi connectivity index (χ1) is 12.3. The maximum Gasteiger partial charge on any atom is 0.144 e. The Hall–Kier alpha value is -1.46. The molecule has 1 fully saturated rings. The van der Waals surface area contributed by atoms with Gasteiger partial charge in [0.1, 0.15) is 21.9 Å². The van der Waals surface area contributed by atoms with Crippen molar-refractivity contribution in [2.45, 2.75) is 63.5 Å². The van der Waals surface area contributed by atoms with Crippen molar-refractivity contribution in [3.05, 3.63) is 41.8 Å². The van der Waals surface area contributed by atoms with Crippen molar-refractivity contribution < 1.29 is 8.94 Å². The lowest BCUT2D eigenvalue weighted by molar-refractivity contribution is 0.336. The fourth-order valence-corrected chi connectivity index (χ4v) is 4.16. The Labute approximate surface area is 158 Å². The van der Waals surface area contributed by atoms with Gasteiger partial charge < -0.3 is 4.55 Å².